The Labute approximate surface area is 86.4 Å². The fourth-order valence-corrected chi connectivity index (χ4v) is 1.83. The second-order valence-electron chi connectivity index (χ2n) is 2.29. The van der Waals surface area contributed by atoms with Crippen molar-refractivity contribution in [3.63, 3.8) is 0 Å². The SMILES string of the molecule is CCSc1ccccc1C(=O)OCl. The van der Waals surface area contributed by atoms with Crippen LogP contribution in [0.1, 0.15) is 17.3 Å². The van der Waals surface area contributed by atoms with Crippen LogP contribution in [0, 0.1) is 0 Å². The molecule has 0 aliphatic carbocycles. The largest absolute Gasteiger partial charge is 0.357 e. The van der Waals surface area contributed by atoms with Gasteiger partial charge in [0.25, 0.3) is 0 Å². The zero-order chi connectivity index (χ0) is 9.68. The molecule has 4 heteroatoms. The Morgan fingerprint density at radius 1 is 1.54 bits per heavy atom. The summed E-state index contributed by atoms with van der Waals surface area (Å²) in [5.74, 6) is 0.408. The minimum absolute atomic E-state index is 0.502. The van der Waals surface area contributed by atoms with Crippen LogP contribution in [-0.2, 0) is 4.29 Å². The number of carbonyl (C=O) groups excluding carboxylic acids is 1. The van der Waals surface area contributed by atoms with Gasteiger partial charge in [-0.3, -0.25) is 0 Å². The summed E-state index contributed by atoms with van der Waals surface area (Å²) in [7, 11) is 0. The highest BCUT2D eigenvalue weighted by atomic mass is 35.5. The molecule has 0 saturated heterocycles. The predicted molar refractivity (Wildman–Crippen MR) is 54.1 cm³/mol. The van der Waals surface area contributed by atoms with E-state index in [1.807, 2.05) is 19.1 Å². The summed E-state index contributed by atoms with van der Waals surface area (Å²) < 4.78 is 4.14. The Morgan fingerprint density at radius 3 is 2.85 bits per heavy atom. The summed E-state index contributed by atoms with van der Waals surface area (Å²) in [4.78, 5) is 12.0. The van der Waals surface area contributed by atoms with Crippen LogP contribution in [0.25, 0.3) is 0 Å². The first kappa shape index (κ1) is 10.4. The minimum Gasteiger partial charge on any atom is -0.343 e. The van der Waals surface area contributed by atoms with Gasteiger partial charge in [-0.25, -0.2) is 4.79 Å². The van der Waals surface area contributed by atoms with Crippen LogP contribution in [0.5, 0.6) is 0 Å². The van der Waals surface area contributed by atoms with E-state index in [0.717, 1.165) is 10.6 Å². The number of hydrogen-bond donors (Lipinski definition) is 0. The number of rotatable bonds is 3. The number of hydrogen-bond acceptors (Lipinski definition) is 3. The summed E-state index contributed by atoms with van der Waals surface area (Å²) in [6.45, 7) is 2.02. The molecule has 0 N–H and O–H groups in total. The third-order valence-corrected chi connectivity index (χ3v) is 2.57. The lowest BCUT2D eigenvalue weighted by atomic mass is 10.2. The quantitative estimate of drug-likeness (QED) is 0.727. The lowest BCUT2D eigenvalue weighted by molar-refractivity contribution is 0.0748. The monoisotopic (exact) mass is 216 g/mol. The summed E-state index contributed by atoms with van der Waals surface area (Å²) >= 11 is 6.59. The molecule has 0 aliphatic heterocycles. The zero-order valence-electron chi connectivity index (χ0n) is 7.12. The highest BCUT2D eigenvalue weighted by molar-refractivity contribution is 7.99. The van der Waals surface area contributed by atoms with E-state index >= 15 is 0 Å². The van der Waals surface area contributed by atoms with E-state index in [1.54, 1.807) is 23.9 Å². The van der Waals surface area contributed by atoms with Crippen LogP contribution in [0.3, 0.4) is 0 Å². The summed E-state index contributed by atoms with van der Waals surface area (Å²) in [5.41, 5.74) is 0.518. The first-order valence-electron chi connectivity index (χ1n) is 3.84. The van der Waals surface area contributed by atoms with Gasteiger partial charge in [-0.05, 0) is 17.9 Å². The molecule has 0 spiro atoms. The van der Waals surface area contributed by atoms with Crippen LogP contribution >= 0.6 is 23.6 Å². The van der Waals surface area contributed by atoms with E-state index in [4.69, 9.17) is 11.9 Å². The fraction of sp³-hybridized carbons (Fsp3) is 0.222. The maximum Gasteiger partial charge on any atom is 0.357 e. The Morgan fingerprint density at radius 2 is 2.23 bits per heavy atom. The third-order valence-electron chi connectivity index (χ3n) is 1.48. The normalized spacial score (nSPS) is 9.69. The van der Waals surface area contributed by atoms with Gasteiger partial charge in [0, 0.05) is 4.90 Å². The van der Waals surface area contributed by atoms with Gasteiger partial charge >= 0.3 is 5.97 Å². The van der Waals surface area contributed by atoms with Crippen molar-refractivity contribution in [1.29, 1.82) is 0 Å². The lowest BCUT2D eigenvalue weighted by Gasteiger charge is -2.03. The van der Waals surface area contributed by atoms with Gasteiger partial charge in [-0.1, -0.05) is 19.1 Å². The number of halogens is 1. The smallest absolute Gasteiger partial charge is 0.343 e. The molecule has 70 valence electrons. The Bertz CT molecular complexity index is 301. The average Bonchev–Trinajstić information content (AvgIpc) is 2.18. The van der Waals surface area contributed by atoms with Crippen molar-refractivity contribution < 1.29 is 9.08 Å². The maximum atomic E-state index is 11.1. The van der Waals surface area contributed by atoms with Gasteiger partial charge in [0.2, 0.25) is 0 Å². The van der Waals surface area contributed by atoms with E-state index in [0.29, 0.717) is 5.56 Å². The van der Waals surface area contributed by atoms with Crippen LogP contribution in [-0.4, -0.2) is 11.7 Å². The molecule has 0 aromatic heterocycles. The third kappa shape index (κ3) is 2.64. The molecule has 0 radical (unpaired) electrons. The van der Waals surface area contributed by atoms with Crippen molar-refractivity contribution in [3.8, 4) is 0 Å². The van der Waals surface area contributed by atoms with Crippen LogP contribution < -0.4 is 0 Å². The highest BCUT2D eigenvalue weighted by Crippen LogP contribution is 2.22. The average molecular weight is 217 g/mol. The molecule has 2 nitrogen and oxygen atoms in total. The molecule has 13 heavy (non-hydrogen) atoms. The number of thioether (sulfide) groups is 1. The van der Waals surface area contributed by atoms with Crippen molar-refractivity contribution in [3.05, 3.63) is 29.8 Å². The first-order valence-corrected chi connectivity index (χ1v) is 5.13. The van der Waals surface area contributed by atoms with Crippen molar-refractivity contribution in [2.75, 3.05) is 5.75 Å². The summed E-state index contributed by atoms with van der Waals surface area (Å²) in [6.07, 6.45) is 0. The van der Waals surface area contributed by atoms with Crippen molar-refractivity contribution in [1.82, 2.24) is 0 Å². The van der Waals surface area contributed by atoms with Gasteiger partial charge in [-0.2, -0.15) is 0 Å². The Kier molecular flexibility index (Phi) is 4.12. The van der Waals surface area contributed by atoms with E-state index in [2.05, 4.69) is 4.29 Å². The number of benzene rings is 1. The van der Waals surface area contributed by atoms with Gasteiger partial charge in [0.05, 0.1) is 5.56 Å². The van der Waals surface area contributed by atoms with Crippen molar-refractivity contribution >= 4 is 29.6 Å². The minimum atomic E-state index is -0.502. The zero-order valence-corrected chi connectivity index (χ0v) is 8.69. The maximum absolute atomic E-state index is 11.1. The second kappa shape index (κ2) is 5.14. The predicted octanol–water partition coefficient (Wildman–Crippen LogP) is 3.11. The topological polar surface area (TPSA) is 26.3 Å². The summed E-state index contributed by atoms with van der Waals surface area (Å²) in [6, 6.07) is 7.23. The Hall–Kier alpha value is -0.670. The van der Waals surface area contributed by atoms with Gasteiger partial charge in [-0.15, -0.1) is 11.8 Å². The standard InChI is InChI=1S/C9H9ClO2S/c1-2-13-8-6-4-3-5-7(8)9(11)12-10/h3-6H,2H2,1H3. The molecule has 0 amide bonds. The van der Waals surface area contributed by atoms with Gasteiger partial charge in [0.1, 0.15) is 11.9 Å². The molecule has 1 aromatic carbocycles. The molecule has 0 aliphatic rings. The van der Waals surface area contributed by atoms with Crippen molar-refractivity contribution in [2.45, 2.75) is 11.8 Å². The first-order chi connectivity index (χ1) is 6.29. The van der Waals surface area contributed by atoms with E-state index in [1.165, 1.54) is 0 Å². The molecular formula is C9H9ClO2S. The molecule has 0 bridgehead atoms. The number of carbonyl (C=O) groups is 1. The van der Waals surface area contributed by atoms with Crippen LogP contribution in [0.15, 0.2) is 29.2 Å². The van der Waals surface area contributed by atoms with E-state index in [9.17, 15) is 4.79 Å². The highest BCUT2D eigenvalue weighted by Gasteiger charge is 2.11. The molecule has 0 saturated carbocycles. The van der Waals surface area contributed by atoms with E-state index < -0.39 is 5.97 Å². The lowest BCUT2D eigenvalue weighted by Crippen LogP contribution is -1.99. The molecule has 0 heterocycles. The molecule has 0 atom stereocenters. The molecule has 1 rings (SSSR count). The molecule has 1 aromatic rings. The Balaban J connectivity index is 2.97. The summed E-state index contributed by atoms with van der Waals surface area (Å²) in [5, 5.41) is 0. The van der Waals surface area contributed by atoms with Crippen LogP contribution in [0.4, 0.5) is 0 Å². The van der Waals surface area contributed by atoms with Gasteiger partial charge in [0.15, 0.2) is 0 Å². The fourth-order valence-electron chi connectivity index (χ4n) is 0.958. The van der Waals surface area contributed by atoms with Crippen LogP contribution in [0.2, 0.25) is 0 Å². The van der Waals surface area contributed by atoms with Gasteiger partial charge < -0.3 is 4.29 Å². The second-order valence-corrected chi connectivity index (χ2v) is 3.75. The molecule has 0 fully saturated rings. The molecular weight excluding hydrogens is 208 g/mol. The molecule has 0 unspecified atom stereocenters. The van der Waals surface area contributed by atoms with E-state index in [-0.39, 0.29) is 0 Å². The van der Waals surface area contributed by atoms with Crippen molar-refractivity contribution in [2.24, 2.45) is 0 Å².